The highest BCUT2D eigenvalue weighted by atomic mass is 35.5. The van der Waals surface area contributed by atoms with Crippen LogP contribution in [0.4, 0.5) is 5.69 Å². The summed E-state index contributed by atoms with van der Waals surface area (Å²) in [6, 6.07) is 8.68. The molecule has 0 amide bonds. The summed E-state index contributed by atoms with van der Waals surface area (Å²) in [5, 5.41) is 12.7. The number of aryl methyl sites for hydroxylation is 1. The van der Waals surface area contributed by atoms with Gasteiger partial charge in [0.1, 0.15) is 0 Å². The summed E-state index contributed by atoms with van der Waals surface area (Å²) in [4.78, 5) is 15.5. The lowest BCUT2D eigenvalue weighted by Gasteiger charge is -2.11. The summed E-state index contributed by atoms with van der Waals surface area (Å²) in [6.07, 6.45) is 2.62. The van der Waals surface area contributed by atoms with Crippen LogP contribution in [0.1, 0.15) is 28.5 Å². The molecule has 0 bridgehead atoms. The zero-order chi connectivity index (χ0) is 14.5. The van der Waals surface area contributed by atoms with Gasteiger partial charge in [0.2, 0.25) is 0 Å². The molecule has 5 heteroatoms. The van der Waals surface area contributed by atoms with Crippen molar-refractivity contribution in [2.24, 2.45) is 0 Å². The average Bonchev–Trinajstić information content (AvgIpc) is 2.46. The number of nitrogens with one attached hydrogen (secondary N) is 1. The first kappa shape index (κ1) is 14.3. The van der Waals surface area contributed by atoms with E-state index in [4.69, 9.17) is 11.6 Å². The van der Waals surface area contributed by atoms with E-state index in [1.807, 2.05) is 12.1 Å². The van der Waals surface area contributed by atoms with Crippen molar-refractivity contribution in [3.8, 4) is 0 Å². The van der Waals surface area contributed by atoms with Crippen LogP contribution >= 0.6 is 11.6 Å². The minimum absolute atomic E-state index is 0.159. The minimum atomic E-state index is -1.01. The lowest BCUT2D eigenvalue weighted by atomic mass is 10.1. The number of hydrogen-bond donors (Lipinski definition) is 2. The second-order valence-electron chi connectivity index (χ2n) is 4.31. The molecule has 0 aliphatic carbocycles. The highest BCUT2D eigenvalue weighted by Crippen LogP contribution is 2.21. The van der Waals surface area contributed by atoms with Crippen LogP contribution in [0.3, 0.4) is 0 Å². The average molecular weight is 291 g/mol. The summed E-state index contributed by atoms with van der Waals surface area (Å²) < 4.78 is 0. The Balaban J connectivity index is 2.21. The molecule has 0 unspecified atom stereocenters. The maximum absolute atomic E-state index is 11.2. The molecular formula is C15H15ClN2O2. The molecule has 1 aromatic heterocycles. The molecule has 0 fully saturated rings. The van der Waals surface area contributed by atoms with Gasteiger partial charge >= 0.3 is 5.97 Å². The van der Waals surface area contributed by atoms with Gasteiger partial charge in [0, 0.05) is 16.9 Å². The molecule has 2 aromatic rings. The Bertz CT molecular complexity index is 629. The number of rotatable bonds is 5. The van der Waals surface area contributed by atoms with Crippen LogP contribution in [-0.4, -0.2) is 16.1 Å². The fourth-order valence-electron chi connectivity index (χ4n) is 1.98. The molecule has 1 heterocycles. The van der Waals surface area contributed by atoms with Crippen LogP contribution in [0.25, 0.3) is 0 Å². The summed E-state index contributed by atoms with van der Waals surface area (Å²) in [6.45, 7) is 2.54. The van der Waals surface area contributed by atoms with Gasteiger partial charge < -0.3 is 10.4 Å². The van der Waals surface area contributed by atoms with E-state index in [-0.39, 0.29) is 5.56 Å². The maximum atomic E-state index is 11.2. The predicted octanol–water partition coefficient (Wildman–Crippen LogP) is 3.61. The molecule has 0 atom stereocenters. The molecule has 0 saturated carbocycles. The van der Waals surface area contributed by atoms with Gasteiger partial charge in [0.15, 0.2) is 0 Å². The van der Waals surface area contributed by atoms with Crippen LogP contribution in [0, 0.1) is 0 Å². The van der Waals surface area contributed by atoms with Crippen LogP contribution in [0.2, 0.25) is 5.02 Å². The van der Waals surface area contributed by atoms with Crippen molar-refractivity contribution in [3.05, 3.63) is 58.4 Å². The molecule has 0 aliphatic rings. The summed E-state index contributed by atoms with van der Waals surface area (Å²) in [5.74, 6) is -1.01. The third-order valence-corrected chi connectivity index (χ3v) is 3.26. The number of carbonyl (C=O) groups is 1. The predicted molar refractivity (Wildman–Crippen MR) is 79.4 cm³/mol. The Labute approximate surface area is 122 Å². The van der Waals surface area contributed by atoms with E-state index in [1.165, 1.54) is 6.07 Å². The topological polar surface area (TPSA) is 62.2 Å². The van der Waals surface area contributed by atoms with Crippen molar-refractivity contribution in [2.75, 3.05) is 5.32 Å². The molecule has 2 rings (SSSR count). The van der Waals surface area contributed by atoms with Gasteiger partial charge in [-0.1, -0.05) is 24.6 Å². The first-order valence-electron chi connectivity index (χ1n) is 6.31. The number of carboxylic acids is 1. The zero-order valence-electron chi connectivity index (χ0n) is 11.1. The number of aromatic carboxylic acids is 1. The third-order valence-electron chi connectivity index (χ3n) is 3.02. The monoisotopic (exact) mass is 290 g/mol. The van der Waals surface area contributed by atoms with E-state index in [2.05, 4.69) is 17.2 Å². The number of anilines is 1. The van der Waals surface area contributed by atoms with Crippen LogP contribution in [-0.2, 0) is 13.0 Å². The molecule has 0 radical (unpaired) electrons. The zero-order valence-corrected chi connectivity index (χ0v) is 11.8. The Kier molecular flexibility index (Phi) is 4.58. The second kappa shape index (κ2) is 6.39. The molecule has 0 saturated heterocycles. The number of halogens is 1. The number of carboxylic acid groups (broad SMARTS) is 1. The summed E-state index contributed by atoms with van der Waals surface area (Å²) >= 11 is 5.82. The summed E-state index contributed by atoms with van der Waals surface area (Å²) in [5.41, 5.74) is 2.76. The molecule has 2 N–H and O–H groups in total. The minimum Gasteiger partial charge on any atom is -0.478 e. The Morgan fingerprint density at radius 3 is 2.90 bits per heavy atom. The van der Waals surface area contributed by atoms with Gasteiger partial charge in [0.25, 0.3) is 0 Å². The van der Waals surface area contributed by atoms with Gasteiger partial charge in [-0.15, -0.1) is 0 Å². The van der Waals surface area contributed by atoms with Crippen molar-refractivity contribution >= 4 is 23.3 Å². The van der Waals surface area contributed by atoms with Crippen LogP contribution in [0.15, 0.2) is 36.5 Å². The fourth-order valence-corrected chi connectivity index (χ4v) is 2.15. The van der Waals surface area contributed by atoms with Gasteiger partial charge in [-0.3, -0.25) is 4.98 Å². The van der Waals surface area contributed by atoms with Crippen LogP contribution < -0.4 is 5.32 Å². The molecule has 4 nitrogen and oxygen atoms in total. The van der Waals surface area contributed by atoms with Crippen molar-refractivity contribution in [1.82, 2.24) is 4.98 Å². The second-order valence-corrected chi connectivity index (χ2v) is 4.75. The van der Waals surface area contributed by atoms with Crippen LogP contribution in [0.5, 0.6) is 0 Å². The van der Waals surface area contributed by atoms with Gasteiger partial charge in [-0.05, 0) is 36.2 Å². The van der Waals surface area contributed by atoms with Crippen molar-refractivity contribution in [1.29, 1.82) is 0 Å². The molecule has 20 heavy (non-hydrogen) atoms. The normalized spacial score (nSPS) is 10.3. The quantitative estimate of drug-likeness (QED) is 0.883. The number of pyridine rings is 1. The van der Waals surface area contributed by atoms with Crippen molar-refractivity contribution in [3.63, 3.8) is 0 Å². The SMILES string of the molecule is CCc1cccnc1CNc1ccc(Cl)cc1C(=O)O. The summed E-state index contributed by atoms with van der Waals surface area (Å²) in [7, 11) is 0. The molecule has 0 aliphatic heterocycles. The smallest absolute Gasteiger partial charge is 0.337 e. The standard InChI is InChI=1S/C15H15ClN2O2/c1-2-10-4-3-7-17-14(10)9-18-13-6-5-11(16)8-12(13)15(19)20/h3-8,18H,2,9H2,1H3,(H,19,20). The van der Waals surface area contributed by atoms with E-state index in [0.29, 0.717) is 17.3 Å². The van der Waals surface area contributed by atoms with Gasteiger partial charge in [0.05, 0.1) is 17.8 Å². The highest BCUT2D eigenvalue weighted by Gasteiger charge is 2.11. The number of benzene rings is 1. The third kappa shape index (κ3) is 3.27. The lowest BCUT2D eigenvalue weighted by molar-refractivity contribution is 0.0698. The number of aromatic nitrogens is 1. The lowest BCUT2D eigenvalue weighted by Crippen LogP contribution is -2.09. The van der Waals surface area contributed by atoms with E-state index < -0.39 is 5.97 Å². The number of hydrogen-bond acceptors (Lipinski definition) is 3. The Hall–Kier alpha value is -2.07. The van der Waals surface area contributed by atoms with E-state index in [9.17, 15) is 9.90 Å². The molecular weight excluding hydrogens is 276 g/mol. The van der Waals surface area contributed by atoms with E-state index >= 15 is 0 Å². The van der Waals surface area contributed by atoms with Crippen molar-refractivity contribution in [2.45, 2.75) is 19.9 Å². The first-order chi connectivity index (χ1) is 9.61. The highest BCUT2D eigenvalue weighted by molar-refractivity contribution is 6.31. The Morgan fingerprint density at radius 2 is 2.20 bits per heavy atom. The fraction of sp³-hybridized carbons (Fsp3) is 0.200. The molecule has 1 aromatic carbocycles. The Morgan fingerprint density at radius 1 is 1.40 bits per heavy atom. The maximum Gasteiger partial charge on any atom is 0.337 e. The van der Waals surface area contributed by atoms with Gasteiger partial charge in [-0.25, -0.2) is 4.79 Å². The van der Waals surface area contributed by atoms with Crippen molar-refractivity contribution < 1.29 is 9.90 Å². The van der Waals surface area contributed by atoms with E-state index in [1.54, 1.807) is 18.3 Å². The van der Waals surface area contributed by atoms with Gasteiger partial charge in [-0.2, -0.15) is 0 Å². The molecule has 104 valence electrons. The first-order valence-corrected chi connectivity index (χ1v) is 6.69. The molecule has 0 spiro atoms. The number of nitrogens with zero attached hydrogens (tertiary/aromatic N) is 1. The van der Waals surface area contributed by atoms with E-state index in [0.717, 1.165) is 17.7 Å². The largest absolute Gasteiger partial charge is 0.478 e.